The van der Waals surface area contributed by atoms with Gasteiger partial charge in [0.05, 0.1) is 5.84 Å². The molecule has 0 aromatic carbocycles. The highest BCUT2D eigenvalue weighted by atomic mass is 15.0. The molecule has 2 rings (SSSR count). The lowest BCUT2D eigenvalue weighted by Crippen LogP contribution is -2.38. The summed E-state index contributed by atoms with van der Waals surface area (Å²) in [5, 5.41) is 3.64. The Bertz CT molecular complexity index is 210. The first-order valence-electron chi connectivity index (χ1n) is 6.14. The molecule has 2 aliphatic rings. The summed E-state index contributed by atoms with van der Waals surface area (Å²) in [5.74, 6) is 2.20. The number of nitrogens with zero attached hydrogens (tertiary/aromatic N) is 1. The average molecular weight is 194 g/mol. The maximum absolute atomic E-state index is 4.55. The quantitative estimate of drug-likeness (QED) is 0.682. The molecule has 1 aliphatic carbocycles. The van der Waals surface area contributed by atoms with E-state index < -0.39 is 0 Å². The van der Waals surface area contributed by atoms with Crippen molar-refractivity contribution in [3.63, 3.8) is 0 Å². The molecule has 2 atom stereocenters. The minimum absolute atomic E-state index is 0.718. The summed E-state index contributed by atoms with van der Waals surface area (Å²) in [7, 11) is 0. The van der Waals surface area contributed by atoms with E-state index >= 15 is 0 Å². The molecule has 0 bridgehead atoms. The van der Waals surface area contributed by atoms with Crippen LogP contribution in [0.3, 0.4) is 0 Å². The van der Waals surface area contributed by atoms with E-state index in [2.05, 4.69) is 17.2 Å². The standard InChI is InChI=1S/C12H22N2/c1-10-5-4-6-11(9-10)14-12-7-2-3-8-13-12/h10-11H,2-9H2,1H3,(H,13,14). The molecule has 0 amide bonds. The SMILES string of the molecule is CC1CCCC(NC2=NCCCC2)C1. The van der Waals surface area contributed by atoms with Crippen molar-refractivity contribution in [2.24, 2.45) is 10.9 Å². The summed E-state index contributed by atoms with van der Waals surface area (Å²) in [6, 6.07) is 0.718. The van der Waals surface area contributed by atoms with Crippen molar-refractivity contribution >= 4 is 5.84 Å². The third-order valence-corrected chi connectivity index (χ3v) is 3.43. The van der Waals surface area contributed by atoms with E-state index in [0.29, 0.717) is 0 Å². The van der Waals surface area contributed by atoms with Gasteiger partial charge in [0.25, 0.3) is 0 Å². The Morgan fingerprint density at radius 3 is 2.86 bits per heavy atom. The average Bonchev–Trinajstić information content (AvgIpc) is 2.19. The molecule has 2 heteroatoms. The lowest BCUT2D eigenvalue weighted by molar-refractivity contribution is 0.324. The zero-order valence-corrected chi connectivity index (χ0v) is 9.26. The molecule has 2 nitrogen and oxygen atoms in total. The van der Waals surface area contributed by atoms with E-state index in [1.165, 1.54) is 50.8 Å². The molecule has 0 aromatic rings. The number of rotatable bonds is 1. The van der Waals surface area contributed by atoms with Crippen LogP contribution in [0.4, 0.5) is 0 Å². The zero-order chi connectivity index (χ0) is 9.80. The molecular weight excluding hydrogens is 172 g/mol. The van der Waals surface area contributed by atoms with Gasteiger partial charge in [0.1, 0.15) is 0 Å². The van der Waals surface area contributed by atoms with Crippen LogP contribution in [-0.2, 0) is 0 Å². The van der Waals surface area contributed by atoms with Crippen molar-refractivity contribution in [1.82, 2.24) is 5.32 Å². The van der Waals surface area contributed by atoms with Crippen LogP contribution < -0.4 is 5.32 Å². The summed E-state index contributed by atoms with van der Waals surface area (Å²) < 4.78 is 0. The van der Waals surface area contributed by atoms with Gasteiger partial charge in [-0.25, -0.2) is 0 Å². The molecule has 14 heavy (non-hydrogen) atoms. The van der Waals surface area contributed by atoms with Crippen molar-refractivity contribution in [3.8, 4) is 0 Å². The minimum atomic E-state index is 0.718. The molecule has 0 aromatic heterocycles. The second kappa shape index (κ2) is 4.81. The Labute approximate surface area is 87.2 Å². The van der Waals surface area contributed by atoms with Crippen molar-refractivity contribution in [2.45, 2.75) is 57.9 Å². The molecule has 0 radical (unpaired) electrons. The van der Waals surface area contributed by atoms with Crippen LogP contribution in [0.2, 0.25) is 0 Å². The Balaban J connectivity index is 1.80. The molecule has 0 spiro atoms. The minimum Gasteiger partial charge on any atom is -0.371 e. The third kappa shape index (κ3) is 2.73. The maximum atomic E-state index is 4.55. The topological polar surface area (TPSA) is 24.4 Å². The fraction of sp³-hybridized carbons (Fsp3) is 0.917. The predicted octanol–water partition coefficient (Wildman–Crippen LogP) is 2.74. The van der Waals surface area contributed by atoms with Crippen LogP contribution in [0, 0.1) is 5.92 Å². The molecule has 0 saturated heterocycles. The van der Waals surface area contributed by atoms with Crippen LogP contribution in [0.25, 0.3) is 0 Å². The fourth-order valence-corrected chi connectivity index (χ4v) is 2.62. The van der Waals surface area contributed by atoms with Gasteiger partial charge in [-0.2, -0.15) is 0 Å². The number of hydrogen-bond acceptors (Lipinski definition) is 2. The van der Waals surface area contributed by atoms with Crippen LogP contribution in [0.15, 0.2) is 4.99 Å². The molecule has 1 fully saturated rings. The van der Waals surface area contributed by atoms with Gasteiger partial charge in [0.2, 0.25) is 0 Å². The fourth-order valence-electron chi connectivity index (χ4n) is 2.62. The highest BCUT2D eigenvalue weighted by Gasteiger charge is 2.19. The molecule has 1 saturated carbocycles. The van der Waals surface area contributed by atoms with Crippen LogP contribution in [0.1, 0.15) is 51.9 Å². The van der Waals surface area contributed by atoms with E-state index in [1.54, 1.807) is 0 Å². The summed E-state index contributed by atoms with van der Waals surface area (Å²) in [4.78, 5) is 4.55. The van der Waals surface area contributed by atoms with Gasteiger partial charge in [0.15, 0.2) is 0 Å². The van der Waals surface area contributed by atoms with Crippen LogP contribution in [0.5, 0.6) is 0 Å². The first-order chi connectivity index (χ1) is 6.84. The van der Waals surface area contributed by atoms with Crippen LogP contribution in [-0.4, -0.2) is 18.4 Å². The molecular formula is C12H22N2. The maximum Gasteiger partial charge on any atom is 0.0965 e. The van der Waals surface area contributed by atoms with Gasteiger partial charge in [-0.15, -0.1) is 0 Å². The Morgan fingerprint density at radius 2 is 2.14 bits per heavy atom. The Hall–Kier alpha value is -0.530. The van der Waals surface area contributed by atoms with Gasteiger partial charge in [-0.1, -0.05) is 19.8 Å². The Kier molecular flexibility index (Phi) is 3.44. The lowest BCUT2D eigenvalue weighted by atomic mass is 9.87. The summed E-state index contributed by atoms with van der Waals surface area (Å²) in [5.41, 5.74) is 0. The van der Waals surface area contributed by atoms with E-state index in [-0.39, 0.29) is 0 Å². The number of nitrogens with one attached hydrogen (secondary N) is 1. The number of amidine groups is 1. The largest absolute Gasteiger partial charge is 0.371 e. The van der Waals surface area contributed by atoms with Crippen molar-refractivity contribution in [3.05, 3.63) is 0 Å². The molecule has 1 heterocycles. The lowest BCUT2D eigenvalue weighted by Gasteiger charge is -2.29. The molecule has 1 N–H and O–H groups in total. The van der Waals surface area contributed by atoms with Crippen molar-refractivity contribution in [1.29, 1.82) is 0 Å². The number of aliphatic imine (C=N–C) groups is 1. The smallest absolute Gasteiger partial charge is 0.0965 e. The van der Waals surface area contributed by atoms with Gasteiger partial charge in [-0.3, -0.25) is 4.99 Å². The monoisotopic (exact) mass is 194 g/mol. The molecule has 80 valence electrons. The van der Waals surface area contributed by atoms with E-state index in [1.807, 2.05) is 0 Å². The highest BCUT2D eigenvalue weighted by Crippen LogP contribution is 2.23. The second-order valence-electron chi connectivity index (χ2n) is 4.90. The van der Waals surface area contributed by atoms with Crippen molar-refractivity contribution < 1.29 is 0 Å². The van der Waals surface area contributed by atoms with Crippen molar-refractivity contribution in [2.75, 3.05) is 6.54 Å². The summed E-state index contributed by atoms with van der Waals surface area (Å²) >= 11 is 0. The third-order valence-electron chi connectivity index (χ3n) is 3.43. The van der Waals surface area contributed by atoms with Crippen LogP contribution >= 0.6 is 0 Å². The second-order valence-corrected chi connectivity index (χ2v) is 4.90. The van der Waals surface area contributed by atoms with E-state index in [0.717, 1.165) is 18.5 Å². The normalized spacial score (nSPS) is 33.6. The van der Waals surface area contributed by atoms with Gasteiger partial charge >= 0.3 is 0 Å². The first kappa shape index (κ1) is 10.0. The first-order valence-corrected chi connectivity index (χ1v) is 6.14. The zero-order valence-electron chi connectivity index (χ0n) is 9.26. The van der Waals surface area contributed by atoms with Gasteiger partial charge < -0.3 is 5.32 Å². The Morgan fingerprint density at radius 1 is 1.21 bits per heavy atom. The highest BCUT2D eigenvalue weighted by molar-refractivity contribution is 5.82. The predicted molar refractivity (Wildman–Crippen MR) is 60.7 cm³/mol. The summed E-state index contributed by atoms with van der Waals surface area (Å²) in [6.45, 7) is 3.42. The van der Waals surface area contributed by atoms with Gasteiger partial charge in [0, 0.05) is 19.0 Å². The summed E-state index contributed by atoms with van der Waals surface area (Å²) in [6.07, 6.45) is 9.31. The van der Waals surface area contributed by atoms with Gasteiger partial charge in [-0.05, 0) is 31.6 Å². The number of hydrogen-bond donors (Lipinski definition) is 1. The van der Waals surface area contributed by atoms with E-state index in [4.69, 9.17) is 0 Å². The van der Waals surface area contributed by atoms with E-state index in [9.17, 15) is 0 Å². The molecule has 1 aliphatic heterocycles. The molecule has 2 unspecified atom stereocenters.